The molecule has 5 rings (SSSR count). The summed E-state index contributed by atoms with van der Waals surface area (Å²) in [6.45, 7) is 0.742. The minimum absolute atomic E-state index is 0.367. The molecule has 0 saturated heterocycles. The largest absolute Gasteiger partial charge is 0.478 e. The van der Waals surface area contributed by atoms with E-state index in [1.165, 1.54) is 17.6 Å². The van der Waals surface area contributed by atoms with Gasteiger partial charge in [-0.3, -0.25) is 0 Å². The zero-order valence-electron chi connectivity index (χ0n) is 19.0. The predicted molar refractivity (Wildman–Crippen MR) is 139 cm³/mol. The van der Waals surface area contributed by atoms with E-state index in [-0.39, 0.29) is 0 Å². The van der Waals surface area contributed by atoms with Crippen LogP contribution in [0.1, 0.15) is 52.6 Å². The van der Waals surface area contributed by atoms with Gasteiger partial charge in [0.15, 0.2) is 0 Å². The first-order chi connectivity index (χ1) is 17.0. The Balaban J connectivity index is 1.73. The van der Waals surface area contributed by atoms with Crippen molar-refractivity contribution in [2.45, 2.75) is 25.8 Å². The molecule has 1 saturated carbocycles. The van der Waals surface area contributed by atoms with Crippen molar-refractivity contribution < 1.29 is 9.90 Å². The lowest BCUT2D eigenvalue weighted by Gasteiger charge is -2.32. The average Bonchev–Trinajstić information content (AvgIpc) is 3.30. The van der Waals surface area contributed by atoms with Gasteiger partial charge >= 0.3 is 5.97 Å². The number of nitrogens with zero attached hydrogens (tertiary/aromatic N) is 1. The van der Waals surface area contributed by atoms with E-state index in [2.05, 4.69) is 35.1 Å². The third-order valence-electron chi connectivity index (χ3n) is 6.68. The number of anilines is 1. The van der Waals surface area contributed by atoms with Crippen LogP contribution in [0.15, 0.2) is 66.7 Å². The van der Waals surface area contributed by atoms with E-state index in [0.29, 0.717) is 16.5 Å². The number of nitriles is 1. The number of fused-ring (bicyclic) bond motifs is 1. The maximum Gasteiger partial charge on any atom is 0.328 e. The Hall–Kier alpha value is -3.85. The van der Waals surface area contributed by atoms with Gasteiger partial charge in [0.25, 0.3) is 0 Å². The van der Waals surface area contributed by atoms with Crippen LogP contribution < -0.4 is 10.9 Å². The molecule has 0 amide bonds. The molecule has 0 atom stereocenters. The molecule has 35 heavy (non-hydrogen) atoms. The molecule has 1 aliphatic carbocycles. The lowest BCUT2D eigenvalue weighted by Crippen LogP contribution is -2.15. The van der Waals surface area contributed by atoms with Crippen molar-refractivity contribution in [1.82, 2.24) is 5.43 Å². The number of aliphatic carboxylic acids is 1. The van der Waals surface area contributed by atoms with Crippen molar-refractivity contribution in [1.29, 1.82) is 5.26 Å². The van der Waals surface area contributed by atoms with E-state index in [0.717, 1.165) is 59.0 Å². The highest BCUT2D eigenvalue weighted by Gasteiger charge is 2.29. The fourth-order valence-electron chi connectivity index (χ4n) is 4.72. The molecule has 3 aromatic carbocycles. The van der Waals surface area contributed by atoms with Crippen LogP contribution in [-0.2, 0) is 11.3 Å². The number of allylic oxidation sites excluding steroid dienone is 1. The van der Waals surface area contributed by atoms with Gasteiger partial charge in [0.2, 0.25) is 0 Å². The second kappa shape index (κ2) is 9.79. The van der Waals surface area contributed by atoms with Crippen molar-refractivity contribution in [3.05, 3.63) is 105 Å². The molecule has 2 aliphatic rings. The maximum atomic E-state index is 10.9. The summed E-state index contributed by atoms with van der Waals surface area (Å²) in [6.07, 6.45) is 6.08. The van der Waals surface area contributed by atoms with Gasteiger partial charge in [0.05, 0.1) is 17.3 Å². The summed E-state index contributed by atoms with van der Waals surface area (Å²) in [7, 11) is 0. The number of carboxylic acids is 1. The predicted octanol–water partition coefficient (Wildman–Crippen LogP) is 6.50. The van der Waals surface area contributed by atoms with Crippen LogP contribution in [-0.4, -0.2) is 11.1 Å². The molecule has 1 aliphatic heterocycles. The van der Waals surface area contributed by atoms with E-state index in [1.807, 2.05) is 36.4 Å². The summed E-state index contributed by atoms with van der Waals surface area (Å²) in [5, 5.41) is 18.9. The molecule has 0 spiro atoms. The Morgan fingerprint density at radius 3 is 2.49 bits per heavy atom. The second-order valence-corrected chi connectivity index (χ2v) is 9.27. The molecule has 0 radical (unpaired) electrons. The van der Waals surface area contributed by atoms with Gasteiger partial charge < -0.3 is 10.5 Å². The normalized spacial score (nSPS) is 15.7. The molecule has 5 nitrogen and oxygen atoms in total. The molecule has 1 heterocycles. The lowest BCUT2D eigenvalue weighted by molar-refractivity contribution is -0.131. The van der Waals surface area contributed by atoms with Crippen LogP contribution in [0.5, 0.6) is 0 Å². The topological polar surface area (TPSA) is 85.2 Å². The van der Waals surface area contributed by atoms with E-state index in [9.17, 15) is 10.1 Å². The average molecular weight is 482 g/mol. The standard InChI is InChI=1S/C29H24ClN3O2/c30-25-14-19(16-31)6-11-24(25)29(20-2-1-3-20)28(22-10-12-26-23(15-22)17-32-33-26)21-8-4-18(5-9-21)7-13-27(34)35/h4-15,20,32-33H,1-3,17H2,(H,34,35)/b13-7+,29-28+. The quantitative estimate of drug-likeness (QED) is 0.276. The van der Waals surface area contributed by atoms with Crippen molar-refractivity contribution >= 4 is 40.5 Å². The third kappa shape index (κ3) is 4.72. The highest BCUT2D eigenvalue weighted by Crippen LogP contribution is 2.47. The minimum atomic E-state index is -0.974. The molecular weight excluding hydrogens is 458 g/mol. The van der Waals surface area contributed by atoms with Crippen molar-refractivity contribution in [2.24, 2.45) is 5.92 Å². The Morgan fingerprint density at radius 1 is 1.06 bits per heavy atom. The number of halogens is 1. The first-order valence-electron chi connectivity index (χ1n) is 11.6. The molecular formula is C29H24ClN3O2. The van der Waals surface area contributed by atoms with Gasteiger partial charge in [-0.15, -0.1) is 0 Å². The van der Waals surface area contributed by atoms with Crippen LogP contribution in [0, 0.1) is 17.2 Å². The van der Waals surface area contributed by atoms with Crippen LogP contribution in [0.3, 0.4) is 0 Å². The molecule has 3 N–H and O–H groups in total. The van der Waals surface area contributed by atoms with Crippen LogP contribution in [0.2, 0.25) is 5.02 Å². The number of hydrogen-bond acceptors (Lipinski definition) is 4. The zero-order chi connectivity index (χ0) is 24.4. The number of nitrogens with one attached hydrogen (secondary N) is 2. The van der Waals surface area contributed by atoms with Crippen molar-refractivity contribution in [3.8, 4) is 6.07 Å². The Kier molecular flexibility index (Phi) is 6.41. The molecule has 0 aromatic heterocycles. The first-order valence-corrected chi connectivity index (χ1v) is 12.0. The fraction of sp³-hybridized carbons (Fsp3) is 0.172. The SMILES string of the molecule is N#Cc1ccc(/C(=C(\c2ccc(/C=C/C(=O)O)cc2)c2ccc3c(c2)CNN3)C2CCC2)c(Cl)c1. The van der Waals surface area contributed by atoms with Gasteiger partial charge in [-0.2, -0.15) is 5.26 Å². The molecule has 0 unspecified atom stereocenters. The second-order valence-electron chi connectivity index (χ2n) is 8.87. The molecule has 1 fully saturated rings. The van der Waals surface area contributed by atoms with E-state index in [1.54, 1.807) is 12.1 Å². The molecule has 6 heteroatoms. The van der Waals surface area contributed by atoms with Crippen LogP contribution in [0.25, 0.3) is 17.2 Å². The van der Waals surface area contributed by atoms with E-state index in [4.69, 9.17) is 16.7 Å². The lowest BCUT2D eigenvalue weighted by atomic mass is 9.73. The summed E-state index contributed by atoms with van der Waals surface area (Å²) < 4.78 is 0. The number of hydrogen-bond donors (Lipinski definition) is 3. The Bertz CT molecular complexity index is 1400. The number of hydrazine groups is 1. The maximum absolute atomic E-state index is 10.9. The number of benzene rings is 3. The minimum Gasteiger partial charge on any atom is -0.478 e. The fourth-order valence-corrected chi connectivity index (χ4v) is 5.00. The summed E-state index contributed by atoms with van der Waals surface area (Å²) in [4.78, 5) is 10.9. The summed E-state index contributed by atoms with van der Waals surface area (Å²) in [5.41, 5.74) is 15.4. The van der Waals surface area contributed by atoms with E-state index >= 15 is 0 Å². The molecule has 3 aromatic rings. The smallest absolute Gasteiger partial charge is 0.328 e. The Morgan fingerprint density at radius 2 is 1.83 bits per heavy atom. The Labute approximate surface area is 209 Å². The van der Waals surface area contributed by atoms with Gasteiger partial charge in [-0.25, -0.2) is 10.2 Å². The van der Waals surface area contributed by atoms with Crippen LogP contribution >= 0.6 is 11.6 Å². The van der Waals surface area contributed by atoms with Crippen LogP contribution in [0.4, 0.5) is 5.69 Å². The highest BCUT2D eigenvalue weighted by atomic mass is 35.5. The van der Waals surface area contributed by atoms with Gasteiger partial charge in [0.1, 0.15) is 0 Å². The van der Waals surface area contributed by atoms with Gasteiger partial charge in [-0.1, -0.05) is 54.4 Å². The first kappa shape index (κ1) is 22.9. The number of rotatable bonds is 6. The van der Waals surface area contributed by atoms with Crippen molar-refractivity contribution in [2.75, 3.05) is 5.43 Å². The summed E-state index contributed by atoms with van der Waals surface area (Å²) >= 11 is 6.77. The highest BCUT2D eigenvalue weighted by molar-refractivity contribution is 6.33. The zero-order valence-corrected chi connectivity index (χ0v) is 19.8. The van der Waals surface area contributed by atoms with E-state index < -0.39 is 5.97 Å². The number of carbonyl (C=O) groups is 1. The number of carboxylic acid groups (broad SMARTS) is 1. The third-order valence-corrected chi connectivity index (χ3v) is 7.00. The summed E-state index contributed by atoms with van der Waals surface area (Å²) in [6, 6.07) is 22.1. The van der Waals surface area contributed by atoms with Crippen molar-refractivity contribution in [3.63, 3.8) is 0 Å². The molecule has 0 bridgehead atoms. The van der Waals surface area contributed by atoms with Gasteiger partial charge in [-0.05, 0) is 88.1 Å². The summed E-state index contributed by atoms with van der Waals surface area (Å²) in [5.74, 6) is -0.607. The molecule has 174 valence electrons. The monoisotopic (exact) mass is 481 g/mol. The van der Waals surface area contributed by atoms with Gasteiger partial charge in [0, 0.05) is 17.6 Å².